The normalized spacial score (nSPS) is 27.6. The van der Waals surface area contributed by atoms with Crippen LogP contribution in [0.3, 0.4) is 0 Å². The van der Waals surface area contributed by atoms with Gasteiger partial charge in [0.05, 0.1) is 6.10 Å². The molecule has 0 aromatic carbocycles. The predicted octanol–water partition coefficient (Wildman–Crippen LogP) is 0.664. The second-order valence-electron chi connectivity index (χ2n) is 6.05. The van der Waals surface area contributed by atoms with Crippen LogP contribution in [0.4, 0.5) is 0 Å². The summed E-state index contributed by atoms with van der Waals surface area (Å²) < 4.78 is 34.3. The van der Waals surface area contributed by atoms with Crippen LogP contribution in [0.25, 0.3) is 0 Å². The van der Waals surface area contributed by atoms with Gasteiger partial charge in [0.2, 0.25) is 0 Å². The SMILES string of the molecule is CCNCC1CCN(S(=O)(=O)N2CCCOC(C)C2)CC1. The molecule has 2 aliphatic heterocycles. The van der Waals surface area contributed by atoms with E-state index in [0.29, 0.717) is 38.7 Å². The Morgan fingerprint density at radius 1 is 1.19 bits per heavy atom. The van der Waals surface area contributed by atoms with Crippen LogP contribution in [0.15, 0.2) is 0 Å². The quantitative estimate of drug-likeness (QED) is 0.809. The summed E-state index contributed by atoms with van der Waals surface area (Å²) in [6, 6.07) is 0. The maximum Gasteiger partial charge on any atom is 0.282 e. The van der Waals surface area contributed by atoms with Crippen molar-refractivity contribution in [3.05, 3.63) is 0 Å². The van der Waals surface area contributed by atoms with Crippen molar-refractivity contribution in [2.24, 2.45) is 5.92 Å². The number of piperidine rings is 1. The van der Waals surface area contributed by atoms with Gasteiger partial charge < -0.3 is 10.1 Å². The lowest BCUT2D eigenvalue weighted by atomic mass is 9.98. The molecule has 21 heavy (non-hydrogen) atoms. The fourth-order valence-corrected chi connectivity index (χ4v) is 4.78. The molecule has 6 nitrogen and oxygen atoms in total. The van der Waals surface area contributed by atoms with Gasteiger partial charge in [-0.3, -0.25) is 0 Å². The monoisotopic (exact) mass is 319 g/mol. The zero-order valence-corrected chi connectivity index (χ0v) is 14.1. The number of rotatable bonds is 5. The fraction of sp³-hybridized carbons (Fsp3) is 1.00. The van der Waals surface area contributed by atoms with Crippen LogP contribution in [-0.4, -0.2) is 69.0 Å². The Labute approximate surface area is 129 Å². The second-order valence-corrected chi connectivity index (χ2v) is 7.98. The van der Waals surface area contributed by atoms with E-state index in [0.717, 1.165) is 32.4 Å². The van der Waals surface area contributed by atoms with Crippen LogP contribution in [0, 0.1) is 5.92 Å². The Hall–Kier alpha value is -0.210. The third-order valence-corrected chi connectivity index (χ3v) is 6.33. The molecule has 0 amide bonds. The molecular weight excluding hydrogens is 290 g/mol. The average molecular weight is 319 g/mol. The molecule has 1 atom stereocenters. The molecule has 124 valence electrons. The number of nitrogens with zero attached hydrogens (tertiary/aromatic N) is 2. The van der Waals surface area contributed by atoms with Gasteiger partial charge in [-0.05, 0) is 45.2 Å². The second kappa shape index (κ2) is 7.87. The molecule has 0 spiro atoms. The summed E-state index contributed by atoms with van der Waals surface area (Å²) in [7, 11) is -3.32. The molecule has 0 radical (unpaired) electrons. The molecule has 2 heterocycles. The summed E-state index contributed by atoms with van der Waals surface area (Å²) in [5.74, 6) is 0.600. The van der Waals surface area contributed by atoms with E-state index in [9.17, 15) is 8.42 Å². The van der Waals surface area contributed by atoms with E-state index in [-0.39, 0.29) is 6.10 Å². The first kappa shape index (κ1) is 17.1. The highest BCUT2D eigenvalue weighted by atomic mass is 32.2. The Morgan fingerprint density at radius 3 is 2.57 bits per heavy atom. The van der Waals surface area contributed by atoms with Gasteiger partial charge in [-0.25, -0.2) is 0 Å². The van der Waals surface area contributed by atoms with Crippen LogP contribution >= 0.6 is 0 Å². The van der Waals surface area contributed by atoms with Gasteiger partial charge in [0.1, 0.15) is 0 Å². The van der Waals surface area contributed by atoms with E-state index < -0.39 is 10.2 Å². The molecule has 2 aliphatic rings. The maximum absolute atomic E-state index is 12.7. The smallest absolute Gasteiger partial charge is 0.282 e. The van der Waals surface area contributed by atoms with Crippen molar-refractivity contribution in [3.63, 3.8) is 0 Å². The molecule has 2 rings (SSSR count). The first-order chi connectivity index (χ1) is 10.0. The topological polar surface area (TPSA) is 61.9 Å². The molecular formula is C14H29N3O3S. The van der Waals surface area contributed by atoms with E-state index >= 15 is 0 Å². The van der Waals surface area contributed by atoms with Gasteiger partial charge in [0.25, 0.3) is 10.2 Å². The average Bonchev–Trinajstić information content (AvgIpc) is 2.70. The number of nitrogens with one attached hydrogen (secondary N) is 1. The maximum atomic E-state index is 12.7. The Balaban J connectivity index is 1.91. The summed E-state index contributed by atoms with van der Waals surface area (Å²) in [5.41, 5.74) is 0. The third-order valence-electron chi connectivity index (χ3n) is 4.32. The largest absolute Gasteiger partial charge is 0.377 e. The Morgan fingerprint density at radius 2 is 1.90 bits per heavy atom. The molecule has 1 N–H and O–H groups in total. The molecule has 2 saturated heterocycles. The predicted molar refractivity (Wildman–Crippen MR) is 83.4 cm³/mol. The highest BCUT2D eigenvalue weighted by Gasteiger charge is 2.34. The molecule has 1 unspecified atom stereocenters. The van der Waals surface area contributed by atoms with Crippen molar-refractivity contribution in [1.29, 1.82) is 0 Å². The molecule has 7 heteroatoms. The fourth-order valence-electron chi connectivity index (χ4n) is 3.02. The summed E-state index contributed by atoms with van der Waals surface area (Å²) in [5, 5.41) is 3.35. The van der Waals surface area contributed by atoms with Crippen molar-refractivity contribution in [1.82, 2.24) is 13.9 Å². The van der Waals surface area contributed by atoms with Crippen LogP contribution in [0.2, 0.25) is 0 Å². The van der Waals surface area contributed by atoms with E-state index in [1.165, 1.54) is 0 Å². The number of hydrogen-bond donors (Lipinski definition) is 1. The van der Waals surface area contributed by atoms with Crippen molar-refractivity contribution in [2.45, 2.75) is 39.2 Å². The van der Waals surface area contributed by atoms with Crippen molar-refractivity contribution in [2.75, 3.05) is 45.9 Å². The Kier molecular flexibility index (Phi) is 6.43. The van der Waals surface area contributed by atoms with Crippen LogP contribution in [0.1, 0.15) is 33.1 Å². The standard InChI is InChI=1S/C14H29N3O3S/c1-3-15-11-14-5-8-16(9-6-14)21(18,19)17-7-4-10-20-13(2)12-17/h13-15H,3-12H2,1-2H3. The molecule has 0 bridgehead atoms. The van der Waals surface area contributed by atoms with Crippen LogP contribution in [0.5, 0.6) is 0 Å². The van der Waals surface area contributed by atoms with E-state index in [4.69, 9.17) is 4.74 Å². The van der Waals surface area contributed by atoms with Crippen molar-refractivity contribution < 1.29 is 13.2 Å². The van der Waals surface area contributed by atoms with Crippen molar-refractivity contribution >= 4 is 10.2 Å². The molecule has 2 fully saturated rings. The van der Waals surface area contributed by atoms with E-state index in [2.05, 4.69) is 12.2 Å². The summed E-state index contributed by atoms with van der Waals surface area (Å²) >= 11 is 0. The summed E-state index contributed by atoms with van der Waals surface area (Å²) in [4.78, 5) is 0. The third kappa shape index (κ3) is 4.63. The minimum Gasteiger partial charge on any atom is -0.377 e. The lowest BCUT2D eigenvalue weighted by Gasteiger charge is -2.35. The van der Waals surface area contributed by atoms with Gasteiger partial charge in [-0.1, -0.05) is 6.92 Å². The first-order valence-corrected chi connectivity index (χ1v) is 9.51. The minimum atomic E-state index is -3.32. The van der Waals surface area contributed by atoms with E-state index in [1.54, 1.807) is 8.61 Å². The lowest BCUT2D eigenvalue weighted by molar-refractivity contribution is 0.0745. The molecule has 0 aromatic rings. The number of ether oxygens (including phenoxy) is 1. The van der Waals surface area contributed by atoms with E-state index in [1.807, 2.05) is 6.92 Å². The first-order valence-electron chi connectivity index (χ1n) is 8.11. The van der Waals surface area contributed by atoms with Crippen LogP contribution < -0.4 is 5.32 Å². The number of hydrogen-bond acceptors (Lipinski definition) is 4. The minimum absolute atomic E-state index is 0.0198. The van der Waals surface area contributed by atoms with Gasteiger partial charge in [-0.15, -0.1) is 0 Å². The molecule has 0 aliphatic carbocycles. The van der Waals surface area contributed by atoms with Crippen molar-refractivity contribution in [3.8, 4) is 0 Å². The van der Waals surface area contributed by atoms with Gasteiger partial charge in [0.15, 0.2) is 0 Å². The Bertz CT molecular complexity index is 408. The lowest BCUT2D eigenvalue weighted by Crippen LogP contribution is -2.49. The van der Waals surface area contributed by atoms with Gasteiger partial charge in [-0.2, -0.15) is 17.0 Å². The molecule has 0 saturated carbocycles. The zero-order valence-electron chi connectivity index (χ0n) is 13.3. The van der Waals surface area contributed by atoms with Gasteiger partial charge in [0, 0.05) is 32.8 Å². The van der Waals surface area contributed by atoms with Gasteiger partial charge >= 0.3 is 0 Å². The summed E-state index contributed by atoms with van der Waals surface area (Å²) in [6.07, 6.45) is 2.66. The summed E-state index contributed by atoms with van der Waals surface area (Å²) in [6.45, 7) is 9.00. The molecule has 0 aromatic heterocycles. The highest BCUT2D eigenvalue weighted by molar-refractivity contribution is 7.86. The zero-order chi connectivity index (χ0) is 15.3. The highest BCUT2D eigenvalue weighted by Crippen LogP contribution is 2.22. The van der Waals surface area contributed by atoms with Crippen LogP contribution in [-0.2, 0) is 14.9 Å².